The minimum absolute atomic E-state index is 1.00. The van der Waals surface area contributed by atoms with Crippen LogP contribution in [0.15, 0.2) is 114 Å². The quantitative estimate of drug-likeness (QED) is 0.263. The van der Waals surface area contributed by atoms with E-state index in [0.717, 1.165) is 40.5 Å². The van der Waals surface area contributed by atoms with E-state index in [9.17, 15) is 0 Å². The molecule has 0 aliphatic rings. The van der Waals surface area contributed by atoms with E-state index in [1.807, 2.05) is 31.2 Å². The summed E-state index contributed by atoms with van der Waals surface area (Å²) < 4.78 is 0. The molecule has 3 aromatic rings. The van der Waals surface area contributed by atoms with Crippen molar-refractivity contribution in [2.24, 2.45) is 4.99 Å². The Balaban J connectivity index is 2.00. The van der Waals surface area contributed by atoms with Crippen molar-refractivity contribution in [2.45, 2.75) is 34.1 Å². The molecule has 0 saturated heterocycles. The van der Waals surface area contributed by atoms with E-state index in [1.54, 1.807) is 0 Å². The fourth-order valence-corrected chi connectivity index (χ4v) is 3.61. The molecule has 0 aliphatic heterocycles. The smallest absolute Gasteiger partial charge is 0.0662 e. The van der Waals surface area contributed by atoms with Gasteiger partial charge in [-0.05, 0) is 86.4 Å². The van der Waals surface area contributed by atoms with E-state index in [2.05, 4.69) is 105 Å². The minimum Gasteiger partial charge on any atom is -0.311 e. The van der Waals surface area contributed by atoms with Gasteiger partial charge in [0.1, 0.15) is 0 Å². The molecule has 0 fully saturated rings. The van der Waals surface area contributed by atoms with Gasteiger partial charge >= 0.3 is 0 Å². The minimum atomic E-state index is 1.00. The van der Waals surface area contributed by atoms with E-state index in [4.69, 9.17) is 4.99 Å². The summed E-state index contributed by atoms with van der Waals surface area (Å²) in [6.45, 7) is 12.3. The van der Waals surface area contributed by atoms with Crippen molar-refractivity contribution in [3.63, 3.8) is 0 Å². The van der Waals surface area contributed by atoms with Crippen molar-refractivity contribution in [3.05, 3.63) is 126 Å². The summed E-state index contributed by atoms with van der Waals surface area (Å²) in [5.41, 5.74) is 8.89. The summed E-state index contributed by atoms with van der Waals surface area (Å²) in [4.78, 5) is 7.09. The third-order valence-corrected chi connectivity index (χ3v) is 5.43. The number of anilines is 2. The standard InChI is InChI=1S/C30H32N2/c1-6-11-27(12-7-2)32(28-19-15-25(8-3)16-20-28)29-21-17-26(18-22-29)24(5)31-30-14-10-9-13-23(30)4/h6-7,9-22H,1,8H2,2-5H3/b12-7-,27-11+,31-24?. The van der Waals surface area contributed by atoms with Crippen LogP contribution in [0.25, 0.3) is 0 Å². The van der Waals surface area contributed by atoms with Crippen LogP contribution in [0.4, 0.5) is 17.1 Å². The van der Waals surface area contributed by atoms with Gasteiger partial charge in [0.05, 0.1) is 5.69 Å². The zero-order chi connectivity index (χ0) is 22.9. The number of rotatable bonds is 8. The highest BCUT2D eigenvalue weighted by Crippen LogP contribution is 2.31. The van der Waals surface area contributed by atoms with E-state index < -0.39 is 0 Å². The van der Waals surface area contributed by atoms with E-state index in [0.29, 0.717) is 0 Å². The molecule has 3 rings (SSSR count). The van der Waals surface area contributed by atoms with Crippen LogP contribution in [0.2, 0.25) is 0 Å². The Kier molecular flexibility index (Phi) is 7.99. The second-order valence-corrected chi connectivity index (χ2v) is 7.71. The van der Waals surface area contributed by atoms with Gasteiger partial charge in [0.25, 0.3) is 0 Å². The number of hydrogen-bond acceptors (Lipinski definition) is 2. The summed E-state index contributed by atoms with van der Waals surface area (Å²) in [6.07, 6.45) is 9.05. The average Bonchev–Trinajstić information content (AvgIpc) is 2.82. The number of aryl methyl sites for hydroxylation is 2. The molecule has 0 heterocycles. The van der Waals surface area contributed by atoms with Gasteiger partial charge in [-0.3, -0.25) is 4.99 Å². The van der Waals surface area contributed by atoms with Crippen LogP contribution in [0.5, 0.6) is 0 Å². The van der Waals surface area contributed by atoms with Gasteiger partial charge in [-0.25, -0.2) is 0 Å². The first kappa shape index (κ1) is 23.0. The lowest BCUT2D eigenvalue weighted by atomic mass is 10.1. The third kappa shape index (κ3) is 5.53. The Hall–Kier alpha value is -3.65. The van der Waals surface area contributed by atoms with Crippen molar-refractivity contribution in [1.82, 2.24) is 0 Å². The topological polar surface area (TPSA) is 15.6 Å². The molecule has 0 aromatic heterocycles. The first-order chi connectivity index (χ1) is 15.6. The van der Waals surface area contributed by atoms with Gasteiger partial charge in [0.2, 0.25) is 0 Å². The van der Waals surface area contributed by atoms with E-state index in [-0.39, 0.29) is 0 Å². The molecule has 0 aliphatic carbocycles. The summed E-state index contributed by atoms with van der Waals surface area (Å²) in [5, 5.41) is 0. The second-order valence-electron chi connectivity index (χ2n) is 7.71. The van der Waals surface area contributed by atoms with E-state index in [1.165, 1.54) is 11.1 Å². The Labute approximate surface area is 193 Å². The molecule has 32 heavy (non-hydrogen) atoms. The molecule has 2 nitrogen and oxygen atoms in total. The summed E-state index contributed by atoms with van der Waals surface area (Å²) >= 11 is 0. The molecule has 0 bridgehead atoms. The molecule has 0 radical (unpaired) electrons. The van der Waals surface area contributed by atoms with Gasteiger partial charge in [-0.2, -0.15) is 0 Å². The van der Waals surface area contributed by atoms with Gasteiger partial charge < -0.3 is 4.90 Å². The first-order valence-electron chi connectivity index (χ1n) is 11.1. The van der Waals surface area contributed by atoms with Crippen molar-refractivity contribution < 1.29 is 0 Å². The predicted molar refractivity (Wildman–Crippen MR) is 141 cm³/mol. The molecule has 2 heteroatoms. The summed E-state index contributed by atoms with van der Waals surface area (Å²) in [7, 11) is 0. The van der Waals surface area contributed by atoms with Crippen LogP contribution in [0.1, 0.15) is 37.5 Å². The molecule has 0 atom stereocenters. The van der Waals surface area contributed by atoms with E-state index >= 15 is 0 Å². The molecule has 0 amide bonds. The number of aliphatic imine (C=N–C) groups is 1. The van der Waals surface area contributed by atoms with Gasteiger partial charge in [-0.1, -0.05) is 68.1 Å². The highest BCUT2D eigenvalue weighted by Gasteiger charge is 2.13. The maximum absolute atomic E-state index is 4.84. The summed E-state index contributed by atoms with van der Waals surface area (Å²) in [5.74, 6) is 0. The first-order valence-corrected chi connectivity index (χ1v) is 11.1. The lowest BCUT2D eigenvalue weighted by molar-refractivity contribution is 1.13. The van der Waals surface area contributed by atoms with Crippen molar-refractivity contribution in [3.8, 4) is 0 Å². The van der Waals surface area contributed by atoms with Crippen LogP contribution >= 0.6 is 0 Å². The summed E-state index contributed by atoms with van der Waals surface area (Å²) in [6, 6.07) is 25.5. The average molecular weight is 421 g/mol. The predicted octanol–water partition coefficient (Wildman–Crippen LogP) is 8.48. The maximum atomic E-state index is 4.84. The molecule has 0 unspecified atom stereocenters. The van der Waals surface area contributed by atoms with Gasteiger partial charge in [0.15, 0.2) is 0 Å². The normalized spacial score (nSPS) is 12.2. The largest absolute Gasteiger partial charge is 0.311 e. The highest BCUT2D eigenvalue weighted by atomic mass is 15.1. The number of nitrogens with zero attached hydrogens (tertiary/aromatic N) is 2. The van der Waals surface area contributed by atoms with Crippen LogP contribution in [-0.4, -0.2) is 5.71 Å². The number of hydrogen-bond donors (Lipinski definition) is 0. The second kappa shape index (κ2) is 11.1. The maximum Gasteiger partial charge on any atom is 0.0662 e. The third-order valence-electron chi connectivity index (χ3n) is 5.43. The molecular weight excluding hydrogens is 388 g/mol. The Morgan fingerprint density at radius 1 is 0.938 bits per heavy atom. The fraction of sp³-hybridized carbons (Fsp3) is 0.167. The lowest BCUT2D eigenvalue weighted by Crippen LogP contribution is -2.15. The fourth-order valence-electron chi connectivity index (χ4n) is 3.61. The van der Waals surface area contributed by atoms with Crippen LogP contribution in [-0.2, 0) is 6.42 Å². The molecule has 3 aromatic carbocycles. The Morgan fingerprint density at radius 3 is 2.12 bits per heavy atom. The number of benzene rings is 3. The number of para-hydroxylation sites is 1. The number of allylic oxidation sites excluding steroid dienone is 4. The van der Waals surface area contributed by atoms with Crippen LogP contribution < -0.4 is 4.90 Å². The SMILES string of the molecule is C=C/C=C(\C=C/C)N(c1ccc(CC)cc1)c1ccc(C(C)=Nc2ccccc2C)cc1. The zero-order valence-corrected chi connectivity index (χ0v) is 19.5. The molecule has 0 saturated carbocycles. The molecule has 0 N–H and O–H groups in total. The monoisotopic (exact) mass is 420 g/mol. The van der Waals surface area contributed by atoms with Crippen molar-refractivity contribution in [1.29, 1.82) is 0 Å². The van der Waals surface area contributed by atoms with Crippen molar-refractivity contribution in [2.75, 3.05) is 4.90 Å². The molecule has 0 spiro atoms. The van der Waals surface area contributed by atoms with Gasteiger partial charge in [0, 0.05) is 22.8 Å². The van der Waals surface area contributed by atoms with Gasteiger partial charge in [-0.15, -0.1) is 0 Å². The highest BCUT2D eigenvalue weighted by molar-refractivity contribution is 6.00. The van der Waals surface area contributed by atoms with Crippen LogP contribution in [0.3, 0.4) is 0 Å². The molecule has 162 valence electrons. The lowest BCUT2D eigenvalue weighted by Gasteiger charge is -2.26. The Bertz CT molecular complexity index is 1130. The van der Waals surface area contributed by atoms with Crippen molar-refractivity contribution >= 4 is 22.8 Å². The molecular formula is C30H32N2. The zero-order valence-electron chi connectivity index (χ0n) is 19.5. The van der Waals surface area contributed by atoms with Crippen LogP contribution in [0, 0.1) is 6.92 Å². The Morgan fingerprint density at radius 2 is 1.56 bits per heavy atom.